The third-order valence-corrected chi connectivity index (χ3v) is 6.40. The zero-order chi connectivity index (χ0) is 19.6. The lowest BCUT2D eigenvalue weighted by Crippen LogP contribution is -2.27. The van der Waals surface area contributed by atoms with E-state index in [9.17, 15) is 13.2 Å². The molecule has 7 heteroatoms. The van der Waals surface area contributed by atoms with Crippen LogP contribution in [0.3, 0.4) is 0 Å². The predicted octanol–water partition coefficient (Wildman–Crippen LogP) is 4.21. The van der Waals surface area contributed by atoms with E-state index in [0.717, 1.165) is 36.3 Å². The SMILES string of the molecule is Cc1ccc(S(N)(=O)=O)cc1NC(=O)C1CCC(c2ccc(Cl)cc2)CC1. The Morgan fingerprint density at radius 1 is 1.07 bits per heavy atom. The lowest BCUT2D eigenvalue weighted by molar-refractivity contribution is -0.120. The number of nitrogens with one attached hydrogen (secondary N) is 1. The van der Waals surface area contributed by atoms with Gasteiger partial charge in [-0.25, -0.2) is 13.6 Å². The fourth-order valence-electron chi connectivity index (χ4n) is 3.57. The second kappa shape index (κ2) is 8.00. The number of carbonyl (C=O) groups is 1. The summed E-state index contributed by atoms with van der Waals surface area (Å²) in [5.41, 5.74) is 2.55. The largest absolute Gasteiger partial charge is 0.326 e. The van der Waals surface area contributed by atoms with E-state index in [1.54, 1.807) is 6.07 Å². The summed E-state index contributed by atoms with van der Waals surface area (Å²) in [7, 11) is -3.80. The molecular weight excluding hydrogens is 384 g/mol. The van der Waals surface area contributed by atoms with E-state index in [1.165, 1.54) is 17.7 Å². The first-order chi connectivity index (χ1) is 12.7. The van der Waals surface area contributed by atoms with E-state index in [1.807, 2.05) is 19.1 Å². The summed E-state index contributed by atoms with van der Waals surface area (Å²) in [6.45, 7) is 1.82. The van der Waals surface area contributed by atoms with Gasteiger partial charge in [0.1, 0.15) is 0 Å². The quantitative estimate of drug-likeness (QED) is 0.796. The molecule has 2 aromatic carbocycles. The molecule has 0 saturated heterocycles. The Hall–Kier alpha value is -1.89. The van der Waals surface area contributed by atoms with Gasteiger partial charge in [0.15, 0.2) is 0 Å². The molecule has 1 aliphatic rings. The highest BCUT2D eigenvalue weighted by atomic mass is 35.5. The maximum absolute atomic E-state index is 12.7. The lowest BCUT2D eigenvalue weighted by atomic mass is 9.78. The van der Waals surface area contributed by atoms with Gasteiger partial charge < -0.3 is 5.32 Å². The van der Waals surface area contributed by atoms with E-state index in [-0.39, 0.29) is 16.7 Å². The molecule has 3 rings (SSSR count). The Morgan fingerprint density at radius 3 is 2.30 bits per heavy atom. The van der Waals surface area contributed by atoms with E-state index in [0.29, 0.717) is 11.6 Å². The fraction of sp³-hybridized carbons (Fsp3) is 0.350. The van der Waals surface area contributed by atoms with Crippen LogP contribution in [0.4, 0.5) is 5.69 Å². The van der Waals surface area contributed by atoms with Crippen molar-refractivity contribution in [1.82, 2.24) is 0 Å². The highest BCUT2D eigenvalue weighted by molar-refractivity contribution is 7.89. The third-order valence-electron chi connectivity index (χ3n) is 5.23. The molecule has 5 nitrogen and oxygen atoms in total. The van der Waals surface area contributed by atoms with Crippen molar-refractivity contribution >= 4 is 33.2 Å². The monoisotopic (exact) mass is 406 g/mol. The molecule has 27 heavy (non-hydrogen) atoms. The second-order valence-electron chi connectivity index (χ2n) is 7.11. The Bertz CT molecular complexity index is 934. The number of rotatable bonds is 4. The van der Waals surface area contributed by atoms with E-state index >= 15 is 0 Å². The number of nitrogens with two attached hydrogens (primary N) is 1. The van der Waals surface area contributed by atoms with Crippen LogP contribution < -0.4 is 10.5 Å². The first-order valence-electron chi connectivity index (χ1n) is 8.94. The molecular formula is C20H23ClN2O3S. The minimum atomic E-state index is -3.80. The van der Waals surface area contributed by atoms with E-state index in [4.69, 9.17) is 16.7 Å². The molecule has 0 heterocycles. The van der Waals surface area contributed by atoms with Crippen molar-refractivity contribution in [3.05, 3.63) is 58.6 Å². The van der Waals surface area contributed by atoms with Gasteiger partial charge in [0.05, 0.1) is 4.90 Å². The number of carbonyl (C=O) groups excluding carboxylic acids is 1. The normalized spacial score (nSPS) is 20.3. The van der Waals surface area contributed by atoms with Crippen LogP contribution in [0.25, 0.3) is 0 Å². The van der Waals surface area contributed by atoms with Gasteiger partial charge in [-0.2, -0.15) is 0 Å². The molecule has 0 radical (unpaired) electrons. The molecule has 0 aliphatic heterocycles. The number of hydrogen-bond acceptors (Lipinski definition) is 3. The van der Waals surface area contributed by atoms with Crippen molar-refractivity contribution in [2.24, 2.45) is 11.1 Å². The number of halogens is 1. The zero-order valence-corrected chi connectivity index (χ0v) is 16.7. The number of benzene rings is 2. The summed E-state index contributed by atoms with van der Waals surface area (Å²) in [5, 5.41) is 8.78. The molecule has 1 fully saturated rings. The van der Waals surface area contributed by atoms with Gasteiger partial charge in [0.25, 0.3) is 0 Å². The van der Waals surface area contributed by atoms with Gasteiger partial charge in [-0.15, -0.1) is 0 Å². The van der Waals surface area contributed by atoms with Gasteiger partial charge in [0.2, 0.25) is 15.9 Å². The van der Waals surface area contributed by atoms with Gasteiger partial charge >= 0.3 is 0 Å². The maximum Gasteiger partial charge on any atom is 0.238 e. The van der Waals surface area contributed by atoms with Crippen LogP contribution in [-0.2, 0) is 14.8 Å². The summed E-state index contributed by atoms with van der Waals surface area (Å²) in [4.78, 5) is 12.7. The average molecular weight is 407 g/mol. The molecule has 3 N–H and O–H groups in total. The molecule has 0 unspecified atom stereocenters. The minimum absolute atomic E-state index is 0.00477. The van der Waals surface area contributed by atoms with Crippen LogP contribution in [0.15, 0.2) is 47.4 Å². The maximum atomic E-state index is 12.7. The summed E-state index contributed by atoms with van der Waals surface area (Å²) in [6, 6.07) is 12.4. The van der Waals surface area contributed by atoms with Crippen LogP contribution in [0.2, 0.25) is 5.02 Å². The molecule has 1 amide bonds. The molecule has 0 bridgehead atoms. The van der Waals surface area contributed by atoms with Crippen LogP contribution >= 0.6 is 11.6 Å². The summed E-state index contributed by atoms with van der Waals surface area (Å²) >= 11 is 5.95. The lowest BCUT2D eigenvalue weighted by Gasteiger charge is -2.28. The predicted molar refractivity (Wildman–Crippen MR) is 107 cm³/mol. The standard InChI is InChI=1S/C20H23ClN2O3S/c1-13-2-11-18(27(22,25)26)12-19(13)23-20(24)16-5-3-14(4-6-16)15-7-9-17(21)10-8-15/h2,7-12,14,16H,3-6H2,1H3,(H,23,24)(H2,22,25,26). The van der Waals surface area contributed by atoms with Crippen molar-refractivity contribution in [2.75, 3.05) is 5.32 Å². The summed E-state index contributed by atoms with van der Waals surface area (Å²) in [5.74, 6) is 0.295. The first kappa shape index (κ1) is 19.9. The molecule has 2 aromatic rings. The van der Waals surface area contributed by atoms with Crippen molar-refractivity contribution in [1.29, 1.82) is 0 Å². The number of sulfonamides is 1. The highest BCUT2D eigenvalue weighted by Crippen LogP contribution is 2.36. The molecule has 0 aromatic heterocycles. The van der Waals surface area contributed by atoms with Crippen LogP contribution in [0, 0.1) is 12.8 Å². The van der Waals surface area contributed by atoms with Crippen LogP contribution in [0.1, 0.15) is 42.7 Å². The smallest absolute Gasteiger partial charge is 0.238 e. The second-order valence-corrected chi connectivity index (χ2v) is 9.11. The Labute approximate surface area is 165 Å². The Morgan fingerprint density at radius 2 is 1.70 bits per heavy atom. The molecule has 144 valence electrons. The summed E-state index contributed by atoms with van der Waals surface area (Å²) in [6.07, 6.45) is 3.48. The zero-order valence-electron chi connectivity index (χ0n) is 15.1. The molecule has 0 atom stereocenters. The summed E-state index contributed by atoms with van der Waals surface area (Å²) < 4.78 is 23.1. The highest BCUT2D eigenvalue weighted by Gasteiger charge is 2.27. The first-order valence-corrected chi connectivity index (χ1v) is 10.9. The van der Waals surface area contributed by atoms with Crippen molar-refractivity contribution in [3.63, 3.8) is 0 Å². The van der Waals surface area contributed by atoms with Crippen molar-refractivity contribution in [3.8, 4) is 0 Å². The molecule has 1 aliphatic carbocycles. The van der Waals surface area contributed by atoms with Gasteiger partial charge in [0, 0.05) is 16.6 Å². The van der Waals surface area contributed by atoms with Gasteiger partial charge in [-0.3, -0.25) is 4.79 Å². The number of aryl methyl sites for hydroxylation is 1. The number of anilines is 1. The van der Waals surface area contributed by atoms with E-state index in [2.05, 4.69) is 17.4 Å². The number of primary sulfonamides is 1. The Kier molecular flexibility index (Phi) is 5.89. The van der Waals surface area contributed by atoms with Crippen molar-refractivity contribution < 1.29 is 13.2 Å². The minimum Gasteiger partial charge on any atom is -0.326 e. The van der Waals surface area contributed by atoms with Gasteiger partial charge in [-0.05, 0) is 73.9 Å². The molecule has 1 saturated carbocycles. The molecule has 0 spiro atoms. The third kappa shape index (κ3) is 4.89. The van der Waals surface area contributed by atoms with Gasteiger partial charge in [-0.1, -0.05) is 29.8 Å². The number of hydrogen-bond donors (Lipinski definition) is 2. The topological polar surface area (TPSA) is 89.3 Å². The number of amides is 1. The Balaban J connectivity index is 1.64. The van der Waals surface area contributed by atoms with Crippen LogP contribution in [-0.4, -0.2) is 14.3 Å². The average Bonchev–Trinajstić information content (AvgIpc) is 2.63. The van der Waals surface area contributed by atoms with Crippen molar-refractivity contribution in [2.45, 2.75) is 43.4 Å². The fourth-order valence-corrected chi connectivity index (χ4v) is 4.24. The van der Waals surface area contributed by atoms with E-state index < -0.39 is 10.0 Å². The van der Waals surface area contributed by atoms with Crippen LogP contribution in [0.5, 0.6) is 0 Å².